The maximum absolute atomic E-state index is 9.27. The van der Waals surface area contributed by atoms with Crippen molar-refractivity contribution < 1.29 is 20.1 Å². The van der Waals surface area contributed by atoms with Crippen LogP contribution in [0, 0.1) is 5.92 Å². The van der Waals surface area contributed by atoms with Gasteiger partial charge in [0.05, 0.1) is 8.48 Å². The first-order valence-corrected chi connectivity index (χ1v) is 7.62. The van der Waals surface area contributed by atoms with Crippen molar-refractivity contribution in [1.82, 2.24) is 4.90 Å². The van der Waals surface area contributed by atoms with E-state index in [2.05, 4.69) is 0 Å². The van der Waals surface area contributed by atoms with E-state index in [1.165, 1.54) is 13.2 Å². The molecule has 0 saturated carbocycles. The Balaban J connectivity index is 1.92. The van der Waals surface area contributed by atoms with Crippen LogP contribution in [0.25, 0.3) is 0 Å². The zero-order valence-electron chi connectivity index (χ0n) is 17.6. The highest BCUT2D eigenvalue weighted by atomic mass is 16.5. The van der Waals surface area contributed by atoms with Crippen LogP contribution in [0.4, 0.5) is 0 Å². The van der Waals surface area contributed by atoms with E-state index in [9.17, 15) is 1.37 Å². The van der Waals surface area contributed by atoms with Crippen LogP contribution in [-0.4, -0.2) is 50.3 Å². The number of ether oxygens (including phenoxy) is 2. The fourth-order valence-electron chi connectivity index (χ4n) is 4.61. The molecule has 1 N–H and O–H groups in total. The third-order valence-electron chi connectivity index (χ3n) is 5.61. The van der Waals surface area contributed by atoms with E-state index in [4.69, 9.17) is 20.1 Å². The van der Waals surface area contributed by atoms with E-state index in [1.807, 2.05) is 0 Å². The number of aliphatic hydroxyl groups is 1. The number of likely N-dealkylation sites (tertiary alicyclic amines) is 1. The predicted molar refractivity (Wildman–Crippen MR) is 82.5 cm³/mol. The maximum atomic E-state index is 9.27. The summed E-state index contributed by atoms with van der Waals surface area (Å²) in [5.41, 5.74) is 0.272. The molecule has 1 aromatic rings. The number of piperidine rings is 1. The summed E-state index contributed by atoms with van der Waals surface area (Å²) in [7, 11) is 3.29. The highest BCUT2D eigenvalue weighted by Crippen LogP contribution is 2.62. The van der Waals surface area contributed by atoms with Crippen LogP contribution in [-0.2, 0) is 11.8 Å². The molecule has 1 fully saturated rings. The Morgan fingerprint density at radius 2 is 2.45 bits per heavy atom. The Morgan fingerprint density at radius 3 is 3.27 bits per heavy atom. The SMILES string of the molecule is [2H]OC1([2H])C=C[C@@H]2[C@@]34CCN(C)[C@]2([2H])C([2H])([2H])c2ccc(OC)c(c23)OC14. The fourth-order valence-corrected chi connectivity index (χ4v) is 4.61. The van der Waals surface area contributed by atoms with E-state index >= 15 is 0 Å². The number of benzene rings is 1. The lowest BCUT2D eigenvalue weighted by atomic mass is 9.53. The summed E-state index contributed by atoms with van der Waals surface area (Å²) >= 11 is 0. The Bertz CT molecular complexity index is 879. The smallest absolute Gasteiger partial charge is 0.211 e. The first-order chi connectivity index (χ1) is 12.7. The minimum atomic E-state index is -1.96. The highest BCUT2D eigenvalue weighted by molar-refractivity contribution is 5.62. The van der Waals surface area contributed by atoms with Crippen LogP contribution in [0.3, 0.4) is 0 Å². The molecule has 2 unspecified atom stereocenters. The van der Waals surface area contributed by atoms with Crippen molar-refractivity contribution in [2.24, 2.45) is 5.92 Å². The largest absolute Gasteiger partial charge is 0.493 e. The van der Waals surface area contributed by atoms with E-state index in [1.54, 1.807) is 30.2 Å². The molecule has 1 spiro atoms. The summed E-state index contributed by atoms with van der Waals surface area (Å²) in [4.78, 5) is 1.76. The molecule has 0 aromatic heterocycles. The highest BCUT2D eigenvalue weighted by Gasteiger charge is 2.64. The van der Waals surface area contributed by atoms with Crippen LogP contribution >= 0.6 is 0 Å². The summed E-state index contributed by atoms with van der Waals surface area (Å²) in [5.74, 6) is 0.340. The molecule has 1 aromatic carbocycles. The Labute approximate surface area is 137 Å². The molecule has 0 radical (unpaired) electrons. The van der Waals surface area contributed by atoms with E-state index in [0.29, 0.717) is 35.6 Å². The molecule has 116 valence electrons. The Kier molecular flexibility index (Phi) is 1.65. The molecule has 4 nitrogen and oxygen atoms in total. The van der Waals surface area contributed by atoms with Crippen molar-refractivity contribution in [1.29, 1.82) is 1.43 Å². The van der Waals surface area contributed by atoms with Crippen molar-refractivity contribution >= 4 is 0 Å². The lowest BCUT2D eigenvalue weighted by Crippen LogP contribution is -2.64. The average molecular weight is 304 g/mol. The minimum Gasteiger partial charge on any atom is -0.493 e. The number of rotatable bonds is 2. The number of likely N-dealkylation sites (N-methyl/N-ethyl adjacent to an activating group) is 1. The van der Waals surface area contributed by atoms with Gasteiger partial charge in [0.1, 0.15) is 12.2 Å². The van der Waals surface area contributed by atoms with Gasteiger partial charge in [0.15, 0.2) is 11.5 Å². The van der Waals surface area contributed by atoms with Gasteiger partial charge in [-0.1, -0.05) is 18.2 Å². The fraction of sp³-hybridized carbons (Fsp3) is 0.556. The molecule has 5 rings (SSSR count). The summed E-state index contributed by atoms with van der Waals surface area (Å²) in [6, 6.07) is 1.77. The monoisotopic (exact) mass is 304 g/mol. The zero-order valence-corrected chi connectivity index (χ0v) is 12.6. The second-order valence-corrected chi connectivity index (χ2v) is 6.48. The van der Waals surface area contributed by atoms with Gasteiger partial charge in [-0.25, -0.2) is 0 Å². The van der Waals surface area contributed by atoms with Crippen molar-refractivity contribution in [2.75, 3.05) is 20.7 Å². The second-order valence-electron chi connectivity index (χ2n) is 6.48. The van der Waals surface area contributed by atoms with Gasteiger partial charge in [0.25, 0.3) is 0 Å². The van der Waals surface area contributed by atoms with Crippen LogP contribution < -0.4 is 9.47 Å². The maximum Gasteiger partial charge on any atom is 0.211 e. The third-order valence-corrected chi connectivity index (χ3v) is 5.61. The molecule has 4 aliphatic rings. The van der Waals surface area contributed by atoms with Gasteiger partial charge >= 0.3 is 0 Å². The van der Waals surface area contributed by atoms with Crippen LogP contribution in [0.15, 0.2) is 24.3 Å². The Hall–Kier alpha value is -1.52. The molecule has 0 amide bonds. The van der Waals surface area contributed by atoms with Crippen molar-refractivity contribution in [3.05, 3.63) is 35.4 Å². The molecule has 5 atom stereocenters. The van der Waals surface area contributed by atoms with Crippen molar-refractivity contribution in [2.45, 2.75) is 36.4 Å². The number of nitrogens with zero attached hydrogens (tertiary/aromatic N) is 1. The zero-order chi connectivity index (χ0) is 19.4. The summed E-state index contributed by atoms with van der Waals surface area (Å²) < 4.78 is 54.9. The molecular formula is C18H21NO3. The minimum absolute atomic E-state index is 0.404. The third kappa shape index (κ3) is 1.28. The van der Waals surface area contributed by atoms with Gasteiger partial charge in [-0.2, -0.15) is 0 Å². The van der Waals surface area contributed by atoms with E-state index in [-0.39, 0.29) is 0 Å². The quantitative estimate of drug-likeness (QED) is 0.841. The van der Waals surface area contributed by atoms with Gasteiger partial charge in [-0.15, -0.1) is 0 Å². The standard InChI is InChI=1S/C18H21NO3/c1-19-8-7-18-11-4-5-13(20)17(18)22-16-14(21-2)6-3-10(15(16)18)9-12(11)19/h3-6,11-13,17,20H,7-9H2,1-2H3/t11-,12+,13?,17?,18-/m0/s1/i9D2,12D,13D,20D. The van der Waals surface area contributed by atoms with Crippen molar-refractivity contribution in [3.8, 4) is 11.5 Å². The van der Waals surface area contributed by atoms with Gasteiger partial charge in [0.2, 0.25) is 1.43 Å². The van der Waals surface area contributed by atoms with E-state index in [0.717, 1.165) is 0 Å². The Morgan fingerprint density at radius 1 is 1.55 bits per heavy atom. The second kappa shape index (κ2) is 4.06. The van der Waals surface area contributed by atoms with E-state index < -0.39 is 35.9 Å². The molecule has 2 heterocycles. The molecule has 4 heteroatoms. The number of hydrogen-bond donors (Lipinski definition) is 1. The summed E-state index contributed by atoms with van der Waals surface area (Å²) in [6.07, 6.45) is -0.832. The van der Waals surface area contributed by atoms with Crippen molar-refractivity contribution in [3.63, 3.8) is 0 Å². The lowest BCUT2D eigenvalue weighted by Gasteiger charge is -2.56. The lowest BCUT2D eigenvalue weighted by molar-refractivity contribution is -0.0453. The number of hydrogen-bond acceptors (Lipinski definition) is 4. The van der Waals surface area contributed by atoms with Gasteiger partial charge in [-0.05, 0) is 38.0 Å². The van der Waals surface area contributed by atoms with Crippen LogP contribution in [0.2, 0.25) is 0 Å². The first-order valence-electron chi connectivity index (χ1n) is 10.0. The first kappa shape index (κ1) is 8.94. The molecule has 2 aliphatic carbocycles. The summed E-state index contributed by atoms with van der Waals surface area (Å²) in [5, 5.41) is 4.80. The number of methoxy groups -OCH3 is 1. The average Bonchev–Trinajstić information content (AvgIpc) is 3.00. The molecular weight excluding hydrogens is 278 g/mol. The molecule has 22 heavy (non-hydrogen) atoms. The van der Waals surface area contributed by atoms with Gasteiger partial charge in [-0.3, -0.25) is 0 Å². The van der Waals surface area contributed by atoms with Crippen LogP contribution in [0.5, 0.6) is 11.5 Å². The summed E-state index contributed by atoms with van der Waals surface area (Å²) in [6.45, 7) is 0.484. The predicted octanol–water partition coefficient (Wildman–Crippen LogP) is 1.50. The van der Waals surface area contributed by atoms with Crippen LogP contribution in [0.1, 0.15) is 23.0 Å². The van der Waals surface area contributed by atoms with Gasteiger partial charge < -0.3 is 19.5 Å². The topological polar surface area (TPSA) is 41.9 Å². The molecule has 2 bridgehead atoms. The molecule has 2 aliphatic heterocycles. The molecule has 1 saturated heterocycles. The van der Waals surface area contributed by atoms with Gasteiger partial charge in [0, 0.05) is 27.0 Å². The normalized spacial score (nSPS) is 53.3.